The molecule has 0 bridgehead atoms. The number of ether oxygens (including phenoxy) is 2. The summed E-state index contributed by atoms with van der Waals surface area (Å²) in [7, 11) is 1.36. The molecule has 0 spiro atoms. The summed E-state index contributed by atoms with van der Waals surface area (Å²) in [6.45, 7) is 10.5. The molecule has 1 amide bonds. The van der Waals surface area contributed by atoms with Crippen LogP contribution in [0.3, 0.4) is 0 Å². The molecule has 1 aromatic carbocycles. The minimum atomic E-state index is -0.472. The smallest absolute Gasteiger partial charge is 0.409 e. The number of carbonyl (C=O) groups is 2. The fraction of sp³-hybridized carbons (Fsp3) is 0.500. The molecule has 204 valence electrons. The number of amides is 1. The quantitative estimate of drug-likeness (QED) is 0.375. The van der Waals surface area contributed by atoms with Crippen LogP contribution in [-0.4, -0.2) is 71.6 Å². The molecule has 0 aliphatic carbocycles. The number of halogens is 1. The van der Waals surface area contributed by atoms with Crippen molar-refractivity contribution in [2.24, 2.45) is 5.92 Å². The maximum Gasteiger partial charge on any atom is 0.409 e. The van der Waals surface area contributed by atoms with Gasteiger partial charge in [0, 0.05) is 32.1 Å². The Morgan fingerprint density at radius 3 is 2.29 bits per heavy atom. The van der Waals surface area contributed by atoms with Gasteiger partial charge >= 0.3 is 12.1 Å². The van der Waals surface area contributed by atoms with Crippen molar-refractivity contribution < 1.29 is 23.5 Å². The lowest BCUT2D eigenvalue weighted by Crippen LogP contribution is -2.49. The summed E-state index contributed by atoms with van der Waals surface area (Å²) < 4.78 is 25.9. The predicted octanol–water partition coefficient (Wildman–Crippen LogP) is 5.16. The first-order chi connectivity index (χ1) is 18.3. The number of esters is 1. The number of hydrogen-bond acceptors (Lipinski definition) is 7. The van der Waals surface area contributed by atoms with Crippen LogP contribution in [0.1, 0.15) is 62.5 Å². The summed E-state index contributed by atoms with van der Waals surface area (Å²) in [5.74, 6) is 0.145. The molecule has 0 saturated carbocycles. The van der Waals surface area contributed by atoms with E-state index in [1.54, 1.807) is 27.8 Å². The Labute approximate surface area is 222 Å². The molecular formula is C28H36FN5O4. The third kappa shape index (κ3) is 5.58. The SMILES string of the molecule is CCC(CC)c1nn(-c2ccc(F)cc2)c2nc(N3CCN(C(=O)OCC(C)C)CC3)cc(C(=O)OC)c12. The van der Waals surface area contributed by atoms with Gasteiger partial charge in [-0.05, 0) is 49.1 Å². The fourth-order valence-electron chi connectivity index (χ4n) is 4.73. The second-order valence-electron chi connectivity index (χ2n) is 9.95. The number of hydrogen-bond donors (Lipinski definition) is 0. The molecule has 1 fully saturated rings. The van der Waals surface area contributed by atoms with Gasteiger partial charge in [0.25, 0.3) is 0 Å². The molecule has 2 aromatic heterocycles. The Morgan fingerprint density at radius 1 is 1.05 bits per heavy atom. The third-order valence-electron chi connectivity index (χ3n) is 6.90. The van der Waals surface area contributed by atoms with Crippen LogP contribution in [-0.2, 0) is 9.47 Å². The normalized spacial score (nSPS) is 14.0. The molecule has 0 N–H and O–H groups in total. The molecule has 0 radical (unpaired) electrons. The van der Waals surface area contributed by atoms with Gasteiger partial charge in [-0.3, -0.25) is 0 Å². The van der Waals surface area contributed by atoms with Gasteiger partial charge in [0.2, 0.25) is 0 Å². The zero-order chi connectivity index (χ0) is 27.4. The Balaban J connectivity index is 1.77. The predicted molar refractivity (Wildman–Crippen MR) is 143 cm³/mol. The minimum Gasteiger partial charge on any atom is -0.465 e. The van der Waals surface area contributed by atoms with Crippen molar-refractivity contribution >= 4 is 28.9 Å². The van der Waals surface area contributed by atoms with Gasteiger partial charge in [0.1, 0.15) is 11.6 Å². The van der Waals surface area contributed by atoms with Crippen LogP contribution in [0.25, 0.3) is 16.7 Å². The number of aromatic nitrogens is 3. The molecule has 0 unspecified atom stereocenters. The lowest BCUT2D eigenvalue weighted by Gasteiger charge is -2.35. The molecule has 1 aliphatic rings. The van der Waals surface area contributed by atoms with Gasteiger partial charge in [-0.1, -0.05) is 27.7 Å². The molecule has 1 saturated heterocycles. The second-order valence-corrected chi connectivity index (χ2v) is 9.95. The lowest BCUT2D eigenvalue weighted by atomic mass is 9.95. The van der Waals surface area contributed by atoms with E-state index in [0.29, 0.717) is 60.9 Å². The van der Waals surface area contributed by atoms with E-state index in [0.717, 1.165) is 18.5 Å². The van der Waals surface area contributed by atoms with E-state index >= 15 is 0 Å². The second kappa shape index (κ2) is 11.8. The Kier molecular flexibility index (Phi) is 8.48. The number of benzene rings is 1. The summed E-state index contributed by atoms with van der Waals surface area (Å²) in [6, 6.07) is 7.80. The van der Waals surface area contributed by atoms with Gasteiger partial charge in [-0.25, -0.2) is 23.6 Å². The molecule has 9 nitrogen and oxygen atoms in total. The van der Waals surface area contributed by atoms with E-state index in [4.69, 9.17) is 19.6 Å². The maximum absolute atomic E-state index is 13.7. The Hall–Kier alpha value is -3.69. The van der Waals surface area contributed by atoms with Gasteiger partial charge in [0.15, 0.2) is 5.65 Å². The number of fused-ring (bicyclic) bond motifs is 1. The first kappa shape index (κ1) is 27.3. The highest BCUT2D eigenvalue weighted by Gasteiger charge is 2.29. The van der Waals surface area contributed by atoms with E-state index in [1.165, 1.54) is 19.2 Å². The zero-order valence-corrected chi connectivity index (χ0v) is 22.7. The average Bonchev–Trinajstić information content (AvgIpc) is 3.31. The molecular weight excluding hydrogens is 489 g/mol. The van der Waals surface area contributed by atoms with Crippen molar-refractivity contribution in [1.82, 2.24) is 19.7 Å². The number of pyridine rings is 1. The zero-order valence-electron chi connectivity index (χ0n) is 22.7. The topological polar surface area (TPSA) is 89.8 Å². The van der Waals surface area contributed by atoms with Crippen LogP contribution in [0.4, 0.5) is 15.0 Å². The number of carbonyl (C=O) groups excluding carboxylic acids is 2. The summed E-state index contributed by atoms with van der Waals surface area (Å²) in [5.41, 5.74) is 2.31. The summed E-state index contributed by atoms with van der Waals surface area (Å²) in [4.78, 5) is 34.2. The highest BCUT2D eigenvalue weighted by molar-refractivity contribution is 6.05. The molecule has 4 rings (SSSR count). The number of anilines is 1. The van der Waals surface area contributed by atoms with Crippen molar-refractivity contribution in [2.45, 2.75) is 46.5 Å². The van der Waals surface area contributed by atoms with Gasteiger partial charge < -0.3 is 19.3 Å². The van der Waals surface area contributed by atoms with E-state index in [1.807, 2.05) is 18.7 Å². The summed E-state index contributed by atoms with van der Waals surface area (Å²) in [5, 5.41) is 5.55. The van der Waals surface area contributed by atoms with Crippen molar-refractivity contribution in [1.29, 1.82) is 0 Å². The van der Waals surface area contributed by atoms with Crippen LogP contribution in [0.5, 0.6) is 0 Å². The van der Waals surface area contributed by atoms with Crippen molar-refractivity contribution in [3.63, 3.8) is 0 Å². The van der Waals surface area contributed by atoms with Gasteiger partial charge in [0.05, 0.1) is 36.0 Å². The van der Waals surface area contributed by atoms with Crippen molar-refractivity contribution in [2.75, 3.05) is 44.8 Å². The van der Waals surface area contributed by atoms with E-state index in [-0.39, 0.29) is 23.7 Å². The van der Waals surface area contributed by atoms with E-state index in [2.05, 4.69) is 13.8 Å². The van der Waals surface area contributed by atoms with Crippen molar-refractivity contribution in [3.8, 4) is 5.69 Å². The first-order valence-electron chi connectivity index (χ1n) is 13.2. The van der Waals surface area contributed by atoms with Crippen LogP contribution in [0.15, 0.2) is 30.3 Å². The highest BCUT2D eigenvalue weighted by Crippen LogP contribution is 2.35. The number of methoxy groups -OCH3 is 1. The Bertz CT molecular complexity index is 1280. The van der Waals surface area contributed by atoms with Crippen molar-refractivity contribution in [3.05, 3.63) is 47.4 Å². The highest BCUT2D eigenvalue weighted by atomic mass is 19.1. The average molecular weight is 526 g/mol. The van der Waals surface area contributed by atoms with Crippen LogP contribution in [0, 0.1) is 11.7 Å². The van der Waals surface area contributed by atoms with Gasteiger partial charge in [-0.2, -0.15) is 5.10 Å². The molecule has 3 heterocycles. The third-order valence-corrected chi connectivity index (χ3v) is 6.90. The monoisotopic (exact) mass is 525 g/mol. The lowest BCUT2D eigenvalue weighted by molar-refractivity contribution is 0.0602. The van der Waals surface area contributed by atoms with E-state index < -0.39 is 5.97 Å². The molecule has 10 heteroatoms. The Morgan fingerprint density at radius 2 is 1.71 bits per heavy atom. The van der Waals surface area contributed by atoms with Gasteiger partial charge in [-0.15, -0.1) is 0 Å². The standard InChI is InChI=1S/C28H36FN5O4/c1-6-19(7-2)25-24-22(27(35)37-5)16-23(30-26(24)34(31-25)21-10-8-20(29)9-11-21)32-12-14-33(15-13-32)28(36)38-17-18(3)4/h8-11,16,18-19H,6-7,12-15,17H2,1-5H3. The number of rotatable bonds is 8. The summed E-state index contributed by atoms with van der Waals surface area (Å²) >= 11 is 0. The fourth-order valence-corrected chi connectivity index (χ4v) is 4.73. The molecule has 3 aromatic rings. The number of piperazine rings is 1. The van der Waals surface area contributed by atoms with E-state index in [9.17, 15) is 14.0 Å². The number of nitrogens with zero attached hydrogens (tertiary/aromatic N) is 5. The molecule has 1 aliphatic heterocycles. The van der Waals surface area contributed by atoms with Crippen LogP contribution < -0.4 is 4.90 Å². The first-order valence-corrected chi connectivity index (χ1v) is 13.2. The summed E-state index contributed by atoms with van der Waals surface area (Å²) in [6.07, 6.45) is 1.35. The molecule has 0 atom stereocenters. The molecule has 38 heavy (non-hydrogen) atoms. The largest absolute Gasteiger partial charge is 0.465 e. The van der Waals surface area contributed by atoms with Crippen LogP contribution >= 0.6 is 0 Å². The minimum absolute atomic E-state index is 0.107. The maximum atomic E-state index is 13.7. The van der Waals surface area contributed by atoms with Crippen LogP contribution in [0.2, 0.25) is 0 Å².